The number of carbonyl (C=O) groups is 1. The Hall–Kier alpha value is -1.56. The summed E-state index contributed by atoms with van der Waals surface area (Å²) >= 11 is 1.25. The molecule has 2 heterocycles. The van der Waals surface area contributed by atoms with Gasteiger partial charge in [-0.1, -0.05) is 25.6 Å². The third-order valence-corrected chi connectivity index (χ3v) is 4.09. The standard InChI is InChI=1S/C13H17N3O2S/c1-8(2)9(3)16-11-4-5-14-6-10(11)15-13(16)19-7-12(17)18/h4-6,8-9H,7H2,1-3H3,(H,17,18). The van der Waals surface area contributed by atoms with Gasteiger partial charge in [0.2, 0.25) is 0 Å². The number of fused-ring (bicyclic) bond motifs is 1. The Morgan fingerprint density at radius 3 is 2.84 bits per heavy atom. The molecule has 0 aliphatic carbocycles. The molecule has 5 nitrogen and oxygen atoms in total. The molecule has 0 saturated heterocycles. The predicted octanol–water partition coefficient (Wildman–Crippen LogP) is 2.83. The van der Waals surface area contributed by atoms with Crippen molar-refractivity contribution in [1.29, 1.82) is 0 Å². The summed E-state index contributed by atoms with van der Waals surface area (Å²) in [6.07, 6.45) is 3.45. The molecule has 0 aromatic carbocycles. The SMILES string of the molecule is CC(C)C(C)n1c(SCC(=O)O)nc2cnccc21. The number of aromatic nitrogens is 3. The molecule has 0 spiro atoms. The molecule has 0 fully saturated rings. The first-order valence-corrected chi connectivity index (χ1v) is 7.15. The quantitative estimate of drug-likeness (QED) is 0.852. The largest absolute Gasteiger partial charge is 0.481 e. The molecule has 0 aliphatic heterocycles. The average Bonchev–Trinajstić information content (AvgIpc) is 2.73. The fourth-order valence-corrected chi connectivity index (χ4v) is 2.67. The summed E-state index contributed by atoms with van der Waals surface area (Å²) < 4.78 is 2.11. The summed E-state index contributed by atoms with van der Waals surface area (Å²) in [5, 5.41) is 9.56. The van der Waals surface area contributed by atoms with Gasteiger partial charge >= 0.3 is 5.97 Å². The van der Waals surface area contributed by atoms with Gasteiger partial charge in [0.05, 0.1) is 17.5 Å². The summed E-state index contributed by atoms with van der Waals surface area (Å²) in [5.41, 5.74) is 1.81. The van der Waals surface area contributed by atoms with Crippen LogP contribution in [0, 0.1) is 5.92 Å². The summed E-state index contributed by atoms with van der Waals surface area (Å²) in [6, 6.07) is 2.18. The van der Waals surface area contributed by atoms with Gasteiger partial charge in [-0.25, -0.2) is 4.98 Å². The van der Waals surface area contributed by atoms with Gasteiger partial charge in [0.1, 0.15) is 5.52 Å². The van der Waals surface area contributed by atoms with Crippen molar-refractivity contribution in [3.8, 4) is 0 Å². The van der Waals surface area contributed by atoms with Crippen LogP contribution < -0.4 is 0 Å². The van der Waals surface area contributed by atoms with Crippen LogP contribution in [0.5, 0.6) is 0 Å². The number of carboxylic acid groups (broad SMARTS) is 1. The van der Waals surface area contributed by atoms with Gasteiger partial charge < -0.3 is 9.67 Å². The lowest BCUT2D eigenvalue weighted by molar-refractivity contribution is -0.133. The molecule has 6 heteroatoms. The van der Waals surface area contributed by atoms with Crippen molar-refractivity contribution in [3.05, 3.63) is 18.5 Å². The maximum absolute atomic E-state index is 10.7. The zero-order valence-electron chi connectivity index (χ0n) is 11.2. The minimum atomic E-state index is -0.834. The zero-order valence-corrected chi connectivity index (χ0v) is 12.0. The molecule has 0 aliphatic rings. The fraction of sp³-hybridized carbons (Fsp3) is 0.462. The number of carboxylic acids is 1. The van der Waals surface area contributed by atoms with E-state index in [0.717, 1.165) is 16.2 Å². The Morgan fingerprint density at radius 1 is 1.47 bits per heavy atom. The second-order valence-corrected chi connectivity index (χ2v) is 5.74. The molecule has 1 N–H and O–H groups in total. The maximum atomic E-state index is 10.7. The highest BCUT2D eigenvalue weighted by molar-refractivity contribution is 7.99. The third-order valence-electron chi connectivity index (χ3n) is 3.16. The van der Waals surface area contributed by atoms with Crippen molar-refractivity contribution >= 4 is 28.8 Å². The number of rotatable bonds is 5. The van der Waals surface area contributed by atoms with Crippen molar-refractivity contribution in [3.63, 3.8) is 0 Å². The highest BCUT2D eigenvalue weighted by Crippen LogP contribution is 2.30. The van der Waals surface area contributed by atoms with E-state index in [-0.39, 0.29) is 11.8 Å². The van der Waals surface area contributed by atoms with E-state index < -0.39 is 5.97 Å². The normalized spacial score (nSPS) is 13.1. The van der Waals surface area contributed by atoms with Crippen LogP contribution in [0.25, 0.3) is 11.0 Å². The van der Waals surface area contributed by atoms with Crippen LogP contribution in [0.3, 0.4) is 0 Å². The number of hydrogen-bond donors (Lipinski definition) is 1. The van der Waals surface area contributed by atoms with Gasteiger partial charge in [-0.2, -0.15) is 0 Å². The molecular formula is C13H17N3O2S. The number of pyridine rings is 1. The Bertz CT molecular complexity index is 595. The molecule has 19 heavy (non-hydrogen) atoms. The highest BCUT2D eigenvalue weighted by Gasteiger charge is 2.19. The van der Waals surface area contributed by atoms with E-state index in [1.165, 1.54) is 11.8 Å². The Labute approximate surface area is 116 Å². The van der Waals surface area contributed by atoms with Crippen LogP contribution in [0.4, 0.5) is 0 Å². The van der Waals surface area contributed by atoms with E-state index in [9.17, 15) is 4.79 Å². The number of thioether (sulfide) groups is 1. The lowest BCUT2D eigenvalue weighted by Gasteiger charge is -2.20. The lowest BCUT2D eigenvalue weighted by Crippen LogP contribution is -2.13. The van der Waals surface area contributed by atoms with Crippen molar-refractivity contribution < 1.29 is 9.90 Å². The monoisotopic (exact) mass is 279 g/mol. The first kappa shape index (κ1) is 13.9. The summed E-state index contributed by atoms with van der Waals surface area (Å²) in [7, 11) is 0. The molecule has 1 atom stereocenters. The average molecular weight is 279 g/mol. The molecule has 102 valence electrons. The van der Waals surface area contributed by atoms with Gasteiger partial charge in [-0.3, -0.25) is 9.78 Å². The van der Waals surface area contributed by atoms with Crippen molar-refractivity contribution in [2.24, 2.45) is 5.92 Å². The fourth-order valence-electron chi connectivity index (χ4n) is 1.85. The van der Waals surface area contributed by atoms with Gasteiger partial charge in [-0.05, 0) is 18.9 Å². The smallest absolute Gasteiger partial charge is 0.313 e. The van der Waals surface area contributed by atoms with Gasteiger partial charge in [0.25, 0.3) is 0 Å². The van der Waals surface area contributed by atoms with E-state index in [4.69, 9.17) is 5.11 Å². The van der Waals surface area contributed by atoms with Crippen LogP contribution in [0.15, 0.2) is 23.6 Å². The number of imidazole rings is 1. The zero-order chi connectivity index (χ0) is 14.0. The van der Waals surface area contributed by atoms with E-state index in [0.29, 0.717) is 5.92 Å². The Balaban J connectivity index is 2.48. The van der Waals surface area contributed by atoms with Gasteiger partial charge in [-0.15, -0.1) is 0 Å². The van der Waals surface area contributed by atoms with E-state index in [1.807, 2.05) is 6.07 Å². The van der Waals surface area contributed by atoms with Crippen LogP contribution in [0.2, 0.25) is 0 Å². The third kappa shape index (κ3) is 2.89. The summed E-state index contributed by atoms with van der Waals surface area (Å²) in [4.78, 5) is 19.3. The second kappa shape index (κ2) is 5.61. The summed E-state index contributed by atoms with van der Waals surface area (Å²) in [5.74, 6) is -0.379. The number of hydrogen-bond acceptors (Lipinski definition) is 4. The second-order valence-electron chi connectivity index (χ2n) is 4.80. The topological polar surface area (TPSA) is 68.0 Å². The van der Waals surface area contributed by atoms with E-state index >= 15 is 0 Å². The molecule has 1 unspecified atom stereocenters. The van der Waals surface area contributed by atoms with Gasteiger partial charge in [0, 0.05) is 12.2 Å². The van der Waals surface area contributed by atoms with Gasteiger partial charge in [0.15, 0.2) is 5.16 Å². The van der Waals surface area contributed by atoms with Crippen LogP contribution in [0.1, 0.15) is 26.8 Å². The Morgan fingerprint density at radius 2 is 2.21 bits per heavy atom. The Kier molecular flexibility index (Phi) is 4.09. The van der Waals surface area contributed by atoms with Crippen molar-refractivity contribution in [2.75, 3.05) is 5.75 Å². The summed E-state index contributed by atoms with van der Waals surface area (Å²) in [6.45, 7) is 6.41. The molecule has 2 aromatic heterocycles. The molecule has 2 rings (SSSR count). The first-order chi connectivity index (χ1) is 9.00. The maximum Gasteiger partial charge on any atom is 0.313 e. The van der Waals surface area contributed by atoms with Crippen molar-refractivity contribution in [2.45, 2.75) is 32.0 Å². The molecule has 0 radical (unpaired) electrons. The molecule has 2 aromatic rings. The van der Waals surface area contributed by atoms with Crippen molar-refractivity contribution in [1.82, 2.24) is 14.5 Å². The molecule has 0 saturated carbocycles. The van der Waals surface area contributed by atoms with E-state index in [1.54, 1.807) is 12.4 Å². The van der Waals surface area contributed by atoms with Crippen LogP contribution >= 0.6 is 11.8 Å². The molecule has 0 bridgehead atoms. The minimum absolute atomic E-state index is 0.0154. The first-order valence-electron chi connectivity index (χ1n) is 6.17. The number of aliphatic carboxylic acids is 1. The molecule has 0 amide bonds. The predicted molar refractivity (Wildman–Crippen MR) is 75.4 cm³/mol. The number of nitrogens with zero attached hydrogens (tertiary/aromatic N) is 3. The highest BCUT2D eigenvalue weighted by atomic mass is 32.2. The van der Waals surface area contributed by atoms with Crippen LogP contribution in [-0.2, 0) is 4.79 Å². The lowest BCUT2D eigenvalue weighted by atomic mass is 10.1. The van der Waals surface area contributed by atoms with Crippen LogP contribution in [-0.4, -0.2) is 31.4 Å². The van der Waals surface area contributed by atoms with E-state index in [2.05, 4.69) is 35.3 Å². The molecular weight excluding hydrogens is 262 g/mol. The minimum Gasteiger partial charge on any atom is -0.481 e.